The molecule has 0 saturated carbocycles. The summed E-state index contributed by atoms with van der Waals surface area (Å²) in [5, 5.41) is 3.21. The first-order valence-corrected chi connectivity index (χ1v) is 5.44. The maximum Gasteiger partial charge on any atom is 0.0973 e. The first-order valence-electron chi connectivity index (χ1n) is 4.56. The van der Waals surface area contributed by atoms with Gasteiger partial charge in [0, 0.05) is 25.3 Å². The van der Waals surface area contributed by atoms with E-state index in [2.05, 4.69) is 10.3 Å². The van der Waals surface area contributed by atoms with Crippen molar-refractivity contribution in [1.29, 1.82) is 0 Å². The molecule has 0 aliphatic carbocycles. The van der Waals surface area contributed by atoms with Crippen LogP contribution in [0, 0.1) is 5.92 Å². The number of ether oxygens (including phenoxy) is 1. The molecule has 0 spiro atoms. The average Bonchev–Trinajstić information content (AvgIpc) is 2.71. The summed E-state index contributed by atoms with van der Waals surface area (Å²) in [6.45, 7) is 1.91. The Morgan fingerprint density at radius 1 is 1.77 bits per heavy atom. The standard InChI is InChI=1S/C9H14N2OS/c1-10-4-7-2-3-12-9(7)8-5-11-6-13-8/h5-7,9-10H,2-4H2,1H3. The fourth-order valence-electron chi connectivity index (χ4n) is 1.79. The van der Waals surface area contributed by atoms with E-state index in [4.69, 9.17) is 4.74 Å². The van der Waals surface area contributed by atoms with Crippen molar-refractivity contribution in [3.05, 3.63) is 16.6 Å². The lowest BCUT2D eigenvalue weighted by Crippen LogP contribution is -2.20. The van der Waals surface area contributed by atoms with Gasteiger partial charge in [-0.25, -0.2) is 0 Å². The summed E-state index contributed by atoms with van der Waals surface area (Å²) in [7, 11) is 1.99. The van der Waals surface area contributed by atoms with Gasteiger partial charge in [0.15, 0.2) is 0 Å². The van der Waals surface area contributed by atoms with Gasteiger partial charge in [-0.3, -0.25) is 4.98 Å². The molecular weight excluding hydrogens is 184 g/mol. The van der Waals surface area contributed by atoms with Crippen LogP contribution in [-0.2, 0) is 4.74 Å². The van der Waals surface area contributed by atoms with Crippen molar-refractivity contribution in [3.63, 3.8) is 0 Å². The van der Waals surface area contributed by atoms with Gasteiger partial charge in [-0.15, -0.1) is 11.3 Å². The van der Waals surface area contributed by atoms with Crippen LogP contribution in [0.5, 0.6) is 0 Å². The molecule has 0 amide bonds. The molecule has 2 atom stereocenters. The third-order valence-corrected chi connectivity index (χ3v) is 3.25. The molecular formula is C9H14N2OS. The van der Waals surface area contributed by atoms with E-state index in [1.54, 1.807) is 11.3 Å². The molecule has 72 valence electrons. The number of hydrogen-bond donors (Lipinski definition) is 1. The summed E-state index contributed by atoms with van der Waals surface area (Å²) in [4.78, 5) is 5.34. The Balaban J connectivity index is 2.05. The number of thiazole rings is 1. The molecule has 1 saturated heterocycles. The molecule has 0 aromatic carbocycles. The number of hydrogen-bond acceptors (Lipinski definition) is 4. The highest BCUT2D eigenvalue weighted by molar-refractivity contribution is 7.09. The fourth-order valence-corrected chi connectivity index (χ4v) is 2.55. The Morgan fingerprint density at radius 2 is 2.69 bits per heavy atom. The minimum atomic E-state index is 0.278. The lowest BCUT2D eigenvalue weighted by atomic mass is 10.0. The van der Waals surface area contributed by atoms with Crippen LogP contribution < -0.4 is 5.32 Å². The Bertz CT molecular complexity index is 250. The van der Waals surface area contributed by atoms with E-state index >= 15 is 0 Å². The van der Waals surface area contributed by atoms with Crippen molar-refractivity contribution < 1.29 is 4.74 Å². The Hall–Kier alpha value is -0.450. The van der Waals surface area contributed by atoms with Gasteiger partial charge in [-0.1, -0.05) is 0 Å². The summed E-state index contributed by atoms with van der Waals surface area (Å²) in [5.74, 6) is 0.616. The third kappa shape index (κ3) is 1.90. The minimum absolute atomic E-state index is 0.278. The minimum Gasteiger partial charge on any atom is -0.372 e. The second-order valence-electron chi connectivity index (χ2n) is 3.30. The number of rotatable bonds is 3. The van der Waals surface area contributed by atoms with Gasteiger partial charge < -0.3 is 10.1 Å². The summed E-state index contributed by atoms with van der Waals surface area (Å²) >= 11 is 1.69. The number of aromatic nitrogens is 1. The van der Waals surface area contributed by atoms with Crippen LogP contribution in [0.25, 0.3) is 0 Å². The molecule has 1 aliphatic rings. The monoisotopic (exact) mass is 198 g/mol. The highest BCUT2D eigenvalue weighted by Gasteiger charge is 2.29. The van der Waals surface area contributed by atoms with Crippen LogP contribution in [0.2, 0.25) is 0 Å². The van der Waals surface area contributed by atoms with Crippen molar-refractivity contribution in [2.24, 2.45) is 5.92 Å². The van der Waals surface area contributed by atoms with Crippen molar-refractivity contribution in [1.82, 2.24) is 10.3 Å². The number of nitrogens with zero attached hydrogens (tertiary/aromatic N) is 1. The van der Waals surface area contributed by atoms with Gasteiger partial charge in [-0.05, 0) is 13.5 Å². The molecule has 2 rings (SSSR count). The zero-order chi connectivity index (χ0) is 9.10. The Morgan fingerprint density at radius 3 is 3.38 bits per heavy atom. The van der Waals surface area contributed by atoms with Gasteiger partial charge in [0.2, 0.25) is 0 Å². The van der Waals surface area contributed by atoms with Gasteiger partial charge in [-0.2, -0.15) is 0 Å². The van der Waals surface area contributed by atoms with Crippen LogP contribution in [-0.4, -0.2) is 25.2 Å². The summed E-state index contributed by atoms with van der Waals surface area (Å²) in [6, 6.07) is 0. The van der Waals surface area contributed by atoms with Gasteiger partial charge in [0.25, 0.3) is 0 Å². The highest BCUT2D eigenvalue weighted by atomic mass is 32.1. The normalized spacial score (nSPS) is 28.1. The molecule has 13 heavy (non-hydrogen) atoms. The van der Waals surface area contributed by atoms with Crippen molar-refractivity contribution in [2.45, 2.75) is 12.5 Å². The quantitative estimate of drug-likeness (QED) is 0.798. The Kier molecular flexibility index (Phi) is 2.93. The first kappa shape index (κ1) is 9.12. The lowest BCUT2D eigenvalue weighted by Gasteiger charge is -2.15. The number of nitrogens with one attached hydrogen (secondary N) is 1. The first-order chi connectivity index (χ1) is 6.42. The highest BCUT2D eigenvalue weighted by Crippen LogP contribution is 2.35. The molecule has 0 bridgehead atoms. The molecule has 3 nitrogen and oxygen atoms in total. The molecule has 1 fully saturated rings. The zero-order valence-corrected chi connectivity index (χ0v) is 8.51. The smallest absolute Gasteiger partial charge is 0.0973 e. The van der Waals surface area contributed by atoms with Crippen LogP contribution in [0.15, 0.2) is 11.7 Å². The third-order valence-electron chi connectivity index (χ3n) is 2.41. The van der Waals surface area contributed by atoms with Gasteiger partial charge in [0.05, 0.1) is 16.5 Å². The Labute approximate surface area is 82.1 Å². The predicted octanol–water partition coefficient (Wildman–Crippen LogP) is 1.44. The average molecular weight is 198 g/mol. The topological polar surface area (TPSA) is 34.1 Å². The molecule has 2 unspecified atom stereocenters. The molecule has 1 aromatic rings. The van der Waals surface area contributed by atoms with Crippen LogP contribution >= 0.6 is 11.3 Å². The van der Waals surface area contributed by atoms with Crippen LogP contribution in [0.1, 0.15) is 17.4 Å². The van der Waals surface area contributed by atoms with E-state index in [1.165, 1.54) is 4.88 Å². The van der Waals surface area contributed by atoms with E-state index in [9.17, 15) is 0 Å². The SMILES string of the molecule is CNCC1CCOC1c1cncs1. The van der Waals surface area contributed by atoms with E-state index in [0.717, 1.165) is 19.6 Å². The molecule has 4 heteroatoms. The van der Waals surface area contributed by atoms with E-state index in [0.29, 0.717) is 5.92 Å². The van der Waals surface area contributed by atoms with Crippen molar-refractivity contribution in [2.75, 3.05) is 20.2 Å². The summed E-state index contributed by atoms with van der Waals surface area (Å²) < 4.78 is 5.69. The van der Waals surface area contributed by atoms with Crippen LogP contribution in [0.4, 0.5) is 0 Å². The molecule has 0 radical (unpaired) electrons. The molecule has 1 aromatic heterocycles. The summed E-state index contributed by atoms with van der Waals surface area (Å²) in [6.07, 6.45) is 3.35. The van der Waals surface area contributed by atoms with Crippen LogP contribution in [0.3, 0.4) is 0 Å². The zero-order valence-electron chi connectivity index (χ0n) is 7.69. The lowest BCUT2D eigenvalue weighted by molar-refractivity contribution is 0.0936. The van der Waals surface area contributed by atoms with Gasteiger partial charge >= 0.3 is 0 Å². The van der Waals surface area contributed by atoms with Gasteiger partial charge in [0.1, 0.15) is 0 Å². The van der Waals surface area contributed by atoms with E-state index < -0.39 is 0 Å². The van der Waals surface area contributed by atoms with Crippen molar-refractivity contribution >= 4 is 11.3 Å². The van der Waals surface area contributed by atoms with E-state index in [1.807, 2.05) is 18.8 Å². The molecule has 2 heterocycles. The second kappa shape index (κ2) is 4.17. The second-order valence-corrected chi connectivity index (χ2v) is 4.22. The summed E-state index contributed by atoms with van der Waals surface area (Å²) in [5.41, 5.74) is 1.87. The maximum absolute atomic E-state index is 5.69. The molecule has 1 N–H and O–H groups in total. The maximum atomic E-state index is 5.69. The molecule has 1 aliphatic heterocycles. The predicted molar refractivity (Wildman–Crippen MR) is 52.8 cm³/mol. The van der Waals surface area contributed by atoms with E-state index in [-0.39, 0.29) is 6.10 Å². The largest absolute Gasteiger partial charge is 0.372 e. The van der Waals surface area contributed by atoms with Crippen molar-refractivity contribution in [3.8, 4) is 0 Å². The fraction of sp³-hybridized carbons (Fsp3) is 0.667.